The van der Waals surface area contributed by atoms with Gasteiger partial charge in [-0.15, -0.1) is 0 Å². The zero-order valence-corrected chi connectivity index (χ0v) is 12.4. The average molecular weight is 398 g/mol. The molecule has 78 valence electrons. The lowest BCUT2D eigenvalue weighted by molar-refractivity contribution is 0.622. The van der Waals surface area contributed by atoms with Gasteiger partial charge in [0.05, 0.1) is 14.5 Å². The van der Waals surface area contributed by atoms with Gasteiger partial charge >= 0.3 is 0 Å². The number of hydrogen-bond acceptors (Lipinski definition) is 1. The van der Waals surface area contributed by atoms with Crippen LogP contribution < -0.4 is 0 Å². The van der Waals surface area contributed by atoms with Crippen molar-refractivity contribution in [2.45, 2.75) is 6.92 Å². The molecule has 1 heterocycles. The number of hydrogen-bond donors (Lipinski definition) is 0. The number of rotatable bonds is 0. The maximum atomic E-state index is 13.5. The zero-order valence-electron chi connectivity index (χ0n) is 7.61. The molecule has 5 heteroatoms. The lowest BCUT2D eigenvalue weighted by Gasteiger charge is -2.08. The highest BCUT2D eigenvalue weighted by Crippen LogP contribution is 2.37. The van der Waals surface area contributed by atoms with Gasteiger partial charge in [-0.05, 0) is 66.3 Å². The first-order valence-corrected chi connectivity index (χ1v) is 6.48. The third kappa shape index (κ3) is 1.85. The van der Waals surface area contributed by atoms with Gasteiger partial charge in [-0.1, -0.05) is 0 Å². The summed E-state index contributed by atoms with van der Waals surface area (Å²) >= 11 is 10.00. The van der Waals surface area contributed by atoms with Crippen molar-refractivity contribution in [2.24, 2.45) is 0 Å². The number of nitrogens with zero attached hydrogens (tertiary/aromatic N) is 1. The summed E-state index contributed by atoms with van der Waals surface area (Å²) in [6, 6.07) is 1.47. The van der Waals surface area contributed by atoms with E-state index in [-0.39, 0.29) is 5.82 Å². The number of pyridine rings is 1. The Bertz CT molecular complexity index is 546. The molecule has 0 saturated heterocycles. The molecule has 2 aromatic rings. The largest absolute Gasteiger partial charge is 0.255 e. The number of aryl methyl sites for hydroxylation is 1. The van der Waals surface area contributed by atoms with Crippen LogP contribution >= 0.6 is 47.8 Å². The van der Waals surface area contributed by atoms with E-state index in [0.29, 0.717) is 4.47 Å². The molecule has 15 heavy (non-hydrogen) atoms. The summed E-state index contributed by atoms with van der Waals surface area (Å²) in [4.78, 5) is 4.27. The molecule has 0 radical (unpaired) electrons. The quantitative estimate of drug-likeness (QED) is 0.611. The zero-order chi connectivity index (χ0) is 11.2. The molecule has 0 aliphatic carbocycles. The fourth-order valence-corrected chi connectivity index (χ4v) is 2.96. The minimum atomic E-state index is -0.277. The minimum absolute atomic E-state index is 0.277. The normalized spacial score (nSPS) is 11.0. The second-order valence-electron chi connectivity index (χ2n) is 3.13. The summed E-state index contributed by atoms with van der Waals surface area (Å²) in [7, 11) is 0. The standard InChI is InChI=1S/C10H5Br3FN/c1-4-2-6(14)9(13)7-8(12)5(11)3-15-10(4)7/h2-3H,1H3. The van der Waals surface area contributed by atoms with Crippen molar-refractivity contribution in [1.82, 2.24) is 4.98 Å². The molecule has 2 rings (SSSR count). The second kappa shape index (κ2) is 4.11. The van der Waals surface area contributed by atoms with Crippen LogP contribution in [0.15, 0.2) is 25.7 Å². The molecule has 1 aromatic heterocycles. The van der Waals surface area contributed by atoms with E-state index in [0.717, 1.165) is 25.4 Å². The van der Waals surface area contributed by atoms with Crippen molar-refractivity contribution >= 4 is 58.7 Å². The smallest absolute Gasteiger partial charge is 0.138 e. The van der Waals surface area contributed by atoms with E-state index in [1.807, 2.05) is 6.92 Å². The summed E-state index contributed by atoms with van der Waals surface area (Å²) in [6.45, 7) is 1.84. The molecule has 0 saturated carbocycles. The molecular weight excluding hydrogens is 393 g/mol. The molecule has 0 fully saturated rings. The SMILES string of the molecule is Cc1cc(F)c(Br)c2c(Br)c(Br)cnc12. The number of fused-ring (bicyclic) bond motifs is 1. The van der Waals surface area contributed by atoms with Crippen LogP contribution in [0.2, 0.25) is 0 Å². The molecule has 0 amide bonds. The van der Waals surface area contributed by atoms with Crippen molar-refractivity contribution in [3.63, 3.8) is 0 Å². The van der Waals surface area contributed by atoms with Gasteiger partial charge in [0, 0.05) is 16.1 Å². The van der Waals surface area contributed by atoms with Gasteiger partial charge in [-0.2, -0.15) is 0 Å². The van der Waals surface area contributed by atoms with Gasteiger partial charge in [0.15, 0.2) is 0 Å². The third-order valence-corrected chi connectivity index (χ3v) is 4.85. The molecule has 0 unspecified atom stereocenters. The Morgan fingerprint density at radius 2 is 1.87 bits per heavy atom. The molecular formula is C10H5Br3FN. The van der Waals surface area contributed by atoms with Crippen molar-refractivity contribution in [3.05, 3.63) is 37.1 Å². The average Bonchev–Trinajstić information content (AvgIpc) is 2.19. The monoisotopic (exact) mass is 395 g/mol. The highest BCUT2D eigenvalue weighted by Gasteiger charge is 2.13. The van der Waals surface area contributed by atoms with Gasteiger partial charge in [0.25, 0.3) is 0 Å². The van der Waals surface area contributed by atoms with Crippen LogP contribution in [0.1, 0.15) is 5.56 Å². The summed E-state index contributed by atoms with van der Waals surface area (Å²) in [5.74, 6) is -0.277. The Balaban J connectivity index is 3.04. The first kappa shape index (κ1) is 11.5. The van der Waals surface area contributed by atoms with E-state index in [2.05, 4.69) is 52.8 Å². The molecule has 0 aliphatic heterocycles. The van der Waals surface area contributed by atoms with E-state index < -0.39 is 0 Å². The van der Waals surface area contributed by atoms with E-state index in [1.165, 1.54) is 6.07 Å². The summed E-state index contributed by atoms with van der Waals surface area (Å²) < 4.78 is 15.6. The van der Waals surface area contributed by atoms with Gasteiger partial charge in [-0.25, -0.2) is 4.39 Å². The van der Waals surface area contributed by atoms with Gasteiger partial charge < -0.3 is 0 Å². The van der Waals surface area contributed by atoms with Crippen molar-refractivity contribution in [3.8, 4) is 0 Å². The third-order valence-electron chi connectivity index (χ3n) is 2.12. The van der Waals surface area contributed by atoms with Crippen LogP contribution in [0.25, 0.3) is 10.9 Å². The van der Waals surface area contributed by atoms with Gasteiger partial charge in [0.1, 0.15) is 5.82 Å². The van der Waals surface area contributed by atoms with Crippen molar-refractivity contribution in [1.29, 1.82) is 0 Å². The molecule has 1 nitrogen and oxygen atoms in total. The predicted octanol–water partition coefficient (Wildman–Crippen LogP) is 4.97. The van der Waals surface area contributed by atoms with Crippen LogP contribution in [0.5, 0.6) is 0 Å². The molecule has 0 bridgehead atoms. The van der Waals surface area contributed by atoms with E-state index in [4.69, 9.17) is 0 Å². The lowest BCUT2D eigenvalue weighted by atomic mass is 10.1. The van der Waals surface area contributed by atoms with Crippen LogP contribution in [-0.4, -0.2) is 4.98 Å². The maximum absolute atomic E-state index is 13.5. The topological polar surface area (TPSA) is 12.9 Å². The van der Waals surface area contributed by atoms with E-state index in [1.54, 1.807) is 6.20 Å². The molecule has 0 atom stereocenters. The fourth-order valence-electron chi connectivity index (χ4n) is 1.41. The van der Waals surface area contributed by atoms with Crippen molar-refractivity contribution < 1.29 is 4.39 Å². The highest BCUT2D eigenvalue weighted by atomic mass is 79.9. The van der Waals surface area contributed by atoms with E-state index in [9.17, 15) is 4.39 Å². The van der Waals surface area contributed by atoms with E-state index >= 15 is 0 Å². The molecule has 0 spiro atoms. The number of halogens is 4. The predicted molar refractivity (Wildman–Crippen MR) is 69.5 cm³/mol. The number of aromatic nitrogens is 1. The molecule has 0 aliphatic rings. The van der Waals surface area contributed by atoms with Crippen LogP contribution in [0.4, 0.5) is 4.39 Å². The lowest BCUT2D eigenvalue weighted by Crippen LogP contribution is -1.90. The molecule has 1 aromatic carbocycles. The Morgan fingerprint density at radius 3 is 2.53 bits per heavy atom. The van der Waals surface area contributed by atoms with Gasteiger partial charge in [0.2, 0.25) is 0 Å². The fraction of sp³-hybridized carbons (Fsp3) is 0.100. The van der Waals surface area contributed by atoms with Crippen LogP contribution in [0, 0.1) is 12.7 Å². The summed E-state index contributed by atoms with van der Waals surface area (Å²) in [5.41, 5.74) is 1.61. The Morgan fingerprint density at radius 1 is 1.20 bits per heavy atom. The maximum Gasteiger partial charge on any atom is 0.138 e. The van der Waals surface area contributed by atoms with Gasteiger partial charge in [-0.3, -0.25) is 4.98 Å². The minimum Gasteiger partial charge on any atom is -0.255 e. The first-order valence-electron chi connectivity index (χ1n) is 4.10. The Labute approximate surface area is 111 Å². The first-order chi connectivity index (χ1) is 7.02. The van der Waals surface area contributed by atoms with Crippen molar-refractivity contribution in [2.75, 3.05) is 0 Å². The van der Waals surface area contributed by atoms with Crippen LogP contribution in [0.3, 0.4) is 0 Å². The number of benzene rings is 1. The Hall–Kier alpha value is -0.000000000000000167. The Kier molecular flexibility index (Phi) is 3.14. The molecule has 0 N–H and O–H groups in total. The summed E-state index contributed by atoms with van der Waals surface area (Å²) in [5, 5.41) is 0.752. The summed E-state index contributed by atoms with van der Waals surface area (Å²) in [6.07, 6.45) is 1.70. The highest BCUT2D eigenvalue weighted by molar-refractivity contribution is 9.13. The van der Waals surface area contributed by atoms with Crippen LogP contribution in [-0.2, 0) is 0 Å². The second-order valence-corrected chi connectivity index (χ2v) is 5.57.